The third kappa shape index (κ3) is 3.20. The molecule has 1 saturated heterocycles. The number of hydrogen-bond acceptors (Lipinski definition) is 3. The van der Waals surface area contributed by atoms with E-state index in [1.165, 1.54) is 5.75 Å². The highest BCUT2D eigenvalue weighted by molar-refractivity contribution is 8.06. The maximum absolute atomic E-state index is 5.71. The standard InChI is InChI=1S/C15H14O2S/c1-2-4-13(5-3-1)17-14-8-6-12(7-9-14)16-10-15-11-18-15/h1-9,15H,10-11H2/t15-/m1/s1. The first-order valence-corrected chi connectivity index (χ1v) is 7.02. The molecule has 2 aromatic carbocycles. The van der Waals surface area contributed by atoms with Gasteiger partial charge in [0, 0.05) is 11.0 Å². The van der Waals surface area contributed by atoms with Crippen molar-refractivity contribution in [2.24, 2.45) is 0 Å². The van der Waals surface area contributed by atoms with E-state index in [0.29, 0.717) is 5.25 Å². The second-order valence-electron chi connectivity index (χ2n) is 4.15. The fraction of sp³-hybridized carbons (Fsp3) is 0.200. The lowest BCUT2D eigenvalue weighted by Crippen LogP contribution is -2.02. The SMILES string of the molecule is c1ccc(Oc2ccc(OC[C@@H]3CS3)cc2)cc1. The number of rotatable bonds is 5. The first-order chi connectivity index (χ1) is 8.90. The number of ether oxygens (including phenoxy) is 2. The van der Waals surface area contributed by atoms with Crippen LogP contribution < -0.4 is 9.47 Å². The van der Waals surface area contributed by atoms with Crippen LogP contribution in [0.3, 0.4) is 0 Å². The summed E-state index contributed by atoms with van der Waals surface area (Å²) in [5, 5.41) is 0.699. The Morgan fingerprint density at radius 3 is 2.17 bits per heavy atom. The van der Waals surface area contributed by atoms with Gasteiger partial charge in [-0.1, -0.05) is 18.2 Å². The van der Waals surface area contributed by atoms with Crippen LogP contribution in [0, 0.1) is 0 Å². The minimum atomic E-state index is 0.699. The summed E-state index contributed by atoms with van der Waals surface area (Å²) in [6.45, 7) is 0.809. The normalized spacial score (nSPS) is 17.2. The molecule has 1 aliphatic rings. The van der Waals surface area contributed by atoms with Crippen molar-refractivity contribution in [1.82, 2.24) is 0 Å². The number of thioether (sulfide) groups is 1. The molecule has 92 valence electrons. The summed E-state index contributed by atoms with van der Waals surface area (Å²) < 4.78 is 11.4. The summed E-state index contributed by atoms with van der Waals surface area (Å²) in [5.41, 5.74) is 0. The fourth-order valence-corrected chi connectivity index (χ4v) is 1.98. The predicted octanol–water partition coefficient (Wildman–Crippen LogP) is 3.97. The van der Waals surface area contributed by atoms with Crippen LogP contribution in [-0.4, -0.2) is 17.6 Å². The van der Waals surface area contributed by atoms with Gasteiger partial charge < -0.3 is 9.47 Å². The van der Waals surface area contributed by atoms with E-state index in [1.807, 2.05) is 66.4 Å². The summed E-state index contributed by atoms with van der Waals surface area (Å²) in [4.78, 5) is 0. The highest BCUT2D eigenvalue weighted by Gasteiger charge is 2.22. The van der Waals surface area contributed by atoms with Crippen molar-refractivity contribution < 1.29 is 9.47 Å². The molecule has 1 heterocycles. The second-order valence-corrected chi connectivity index (χ2v) is 5.49. The van der Waals surface area contributed by atoms with Gasteiger partial charge >= 0.3 is 0 Å². The minimum absolute atomic E-state index is 0.699. The first kappa shape index (κ1) is 11.5. The Balaban J connectivity index is 1.59. The van der Waals surface area contributed by atoms with Crippen LogP contribution in [0.1, 0.15) is 0 Å². The van der Waals surface area contributed by atoms with Gasteiger partial charge in [-0.15, -0.1) is 0 Å². The van der Waals surface area contributed by atoms with Gasteiger partial charge in [0.25, 0.3) is 0 Å². The molecule has 0 N–H and O–H groups in total. The van der Waals surface area contributed by atoms with Crippen molar-refractivity contribution in [3.8, 4) is 17.2 Å². The monoisotopic (exact) mass is 258 g/mol. The number of para-hydroxylation sites is 1. The van der Waals surface area contributed by atoms with Gasteiger partial charge in [0.05, 0.1) is 0 Å². The smallest absolute Gasteiger partial charge is 0.127 e. The van der Waals surface area contributed by atoms with Crippen LogP contribution >= 0.6 is 11.8 Å². The van der Waals surface area contributed by atoms with Crippen molar-refractivity contribution in [3.05, 3.63) is 54.6 Å². The quantitative estimate of drug-likeness (QED) is 0.756. The molecule has 1 fully saturated rings. The minimum Gasteiger partial charge on any atom is -0.492 e. The lowest BCUT2D eigenvalue weighted by atomic mass is 10.3. The highest BCUT2D eigenvalue weighted by Crippen LogP contribution is 2.31. The molecule has 0 bridgehead atoms. The Labute approximate surface area is 111 Å². The maximum Gasteiger partial charge on any atom is 0.127 e. The van der Waals surface area contributed by atoms with Gasteiger partial charge in [-0.25, -0.2) is 0 Å². The average Bonchev–Trinajstić information content (AvgIpc) is 3.23. The molecule has 1 aliphatic heterocycles. The van der Waals surface area contributed by atoms with Crippen molar-refractivity contribution in [2.75, 3.05) is 12.4 Å². The highest BCUT2D eigenvalue weighted by atomic mass is 32.2. The molecule has 0 amide bonds. The van der Waals surface area contributed by atoms with Crippen LogP contribution in [0.25, 0.3) is 0 Å². The molecule has 0 unspecified atom stereocenters. The van der Waals surface area contributed by atoms with E-state index < -0.39 is 0 Å². The molecule has 0 aromatic heterocycles. The molecule has 1 atom stereocenters. The third-order valence-corrected chi connectivity index (χ3v) is 3.58. The molecule has 0 spiro atoms. The topological polar surface area (TPSA) is 18.5 Å². The van der Waals surface area contributed by atoms with E-state index in [-0.39, 0.29) is 0 Å². The van der Waals surface area contributed by atoms with E-state index in [4.69, 9.17) is 9.47 Å². The van der Waals surface area contributed by atoms with Gasteiger partial charge in [0.1, 0.15) is 23.9 Å². The molecular formula is C15H14O2S. The van der Waals surface area contributed by atoms with Crippen LogP contribution in [0.5, 0.6) is 17.2 Å². The van der Waals surface area contributed by atoms with Crippen LogP contribution in [0.4, 0.5) is 0 Å². The average molecular weight is 258 g/mol. The molecule has 2 nitrogen and oxygen atoms in total. The van der Waals surface area contributed by atoms with Gasteiger partial charge in [-0.2, -0.15) is 11.8 Å². The van der Waals surface area contributed by atoms with Gasteiger partial charge in [-0.3, -0.25) is 0 Å². The van der Waals surface area contributed by atoms with Crippen LogP contribution in [-0.2, 0) is 0 Å². The molecule has 0 aliphatic carbocycles. The first-order valence-electron chi connectivity index (χ1n) is 5.97. The maximum atomic E-state index is 5.71. The number of hydrogen-bond donors (Lipinski definition) is 0. The summed E-state index contributed by atoms with van der Waals surface area (Å²) in [5.74, 6) is 3.81. The van der Waals surface area contributed by atoms with E-state index in [2.05, 4.69) is 0 Å². The Bertz CT molecular complexity index is 492. The van der Waals surface area contributed by atoms with E-state index in [9.17, 15) is 0 Å². The van der Waals surface area contributed by atoms with E-state index >= 15 is 0 Å². The molecular weight excluding hydrogens is 244 g/mol. The van der Waals surface area contributed by atoms with Crippen molar-refractivity contribution >= 4 is 11.8 Å². The zero-order valence-electron chi connectivity index (χ0n) is 9.91. The Kier molecular flexibility index (Phi) is 3.42. The van der Waals surface area contributed by atoms with E-state index in [1.54, 1.807) is 0 Å². The zero-order chi connectivity index (χ0) is 12.2. The Hall–Kier alpha value is -1.61. The summed E-state index contributed by atoms with van der Waals surface area (Å²) >= 11 is 1.94. The molecule has 0 saturated carbocycles. The van der Waals surface area contributed by atoms with Crippen molar-refractivity contribution in [2.45, 2.75) is 5.25 Å². The fourth-order valence-electron chi connectivity index (χ4n) is 1.58. The lowest BCUT2D eigenvalue weighted by Gasteiger charge is -2.07. The Morgan fingerprint density at radius 1 is 0.889 bits per heavy atom. The molecule has 3 heteroatoms. The van der Waals surface area contributed by atoms with Gasteiger partial charge in [-0.05, 0) is 36.4 Å². The van der Waals surface area contributed by atoms with Gasteiger partial charge in [0.15, 0.2) is 0 Å². The van der Waals surface area contributed by atoms with Crippen LogP contribution in [0.15, 0.2) is 54.6 Å². The van der Waals surface area contributed by atoms with Crippen molar-refractivity contribution in [3.63, 3.8) is 0 Å². The van der Waals surface area contributed by atoms with Crippen molar-refractivity contribution in [1.29, 1.82) is 0 Å². The second kappa shape index (κ2) is 5.36. The predicted molar refractivity (Wildman–Crippen MR) is 74.7 cm³/mol. The van der Waals surface area contributed by atoms with E-state index in [0.717, 1.165) is 23.9 Å². The Morgan fingerprint density at radius 2 is 1.50 bits per heavy atom. The molecule has 2 aromatic rings. The zero-order valence-corrected chi connectivity index (χ0v) is 10.7. The molecule has 3 rings (SSSR count). The molecule has 18 heavy (non-hydrogen) atoms. The number of benzene rings is 2. The molecule has 0 radical (unpaired) electrons. The van der Waals surface area contributed by atoms with Gasteiger partial charge in [0.2, 0.25) is 0 Å². The van der Waals surface area contributed by atoms with Crippen LogP contribution in [0.2, 0.25) is 0 Å². The largest absolute Gasteiger partial charge is 0.492 e. The summed E-state index contributed by atoms with van der Waals surface area (Å²) in [6, 6.07) is 17.5. The lowest BCUT2D eigenvalue weighted by molar-refractivity contribution is 0.329. The summed E-state index contributed by atoms with van der Waals surface area (Å²) in [7, 11) is 0. The summed E-state index contributed by atoms with van der Waals surface area (Å²) in [6.07, 6.45) is 0. The third-order valence-electron chi connectivity index (χ3n) is 2.64.